The predicted molar refractivity (Wildman–Crippen MR) is 71.1 cm³/mol. The molecular weight excluding hydrogens is 180 g/mol. The van der Waals surface area contributed by atoms with Gasteiger partial charge < -0.3 is 0 Å². The highest BCUT2D eigenvalue weighted by molar-refractivity contribution is 5.16. The minimum atomic E-state index is 1.06. The van der Waals surface area contributed by atoms with Crippen molar-refractivity contribution in [2.45, 2.75) is 59.3 Å². The van der Waals surface area contributed by atoms with Crippen molar-refractivity contribution >= 4 is 0 Å². The van der Waals surface area contributed by atoms with E-state index in [0.29, 0.717) is 0 Å². The van der Waals surface area contributed by atoms with Gasteiger partial charge in [0.1, 0.15) is 0 Å². The quantitative estimate of drug-likeness (QED) is 0.282. The van der Waals surface area contributed by atoms with E-state index in [9.17, 15) is 0 Å². The molecule has 0 N–H and O–H groups in total. The lowest BCUT2D eigenvalue weighted by molar-refractivity contribution is 0.674. The average Bonchev–Trinajstić information content (AvgIpc) is 2.23. The Bertz CT molecular complexity index is 206. The summed E-state index contributed by atoms with van der Waals surface area (Å²) in [6, 6.07) is 0. The topological polar surface area (TPSA) is 0 Å². The first-order chi connectivity index (χ1) is 7.31. The van der Waals surface area contributed by atoms with Gasteiger partial charge in [0.15, 0.2) is 0 Å². The second-order valence-electron chi connectivity index (χ2n) is 4.00. The van der Waals surface area contributed by atoms with Crippen LogP contribution in [-0.4, -0.2) is 0 Å². The van der Waals surface area contributed by atoms with Crippen molar-refractivity contribution in [2.75, 3.05) is 0 Å². The Hall–Kier alpha value is -0.780. The fourth-order valence-electron chi connectivity index (χ4n) is 1.42. The van der Waals surface area contributed by atoms with Crippen LogP contribution in [0.4, 0.5) is 0 Å². The fraction of sp³-hybridized carbons (Fsp3) is 0.600. The van der Waals surface area contributed by atoms with E-state index in [0.717, 1.165) is 6.42 Å². The van der Waals surface area contributed by atoms with Crippen LogP contribution in [0.15, 0.2) is 36.0 Å². The molecule has 0 aliphatic heterocycles. The van der Waals surface area contributed by atoms with Crippen LogP contribution in [-0.2, 0) is 0 Å². The molecule has 0 nitrogen and oxygen atoms in total. The Morgan fingerprint density at radius 2 is 1.87 bits per heavy atom. The van der Waals surface area contributed by atoms with E-state index in [1.54, 1.807) is 0 Å². The summed E-state index contributed by atoms with van der Waals surface area (Å²) in [5.74, 6) is 0. The van der Waals surface area contributed by atoms with Gasteiger partial charge in [-0.3, -0.25) is 0 Å². The zero-order chi connectivity index (χ0) is 11.4. The number of allylic oxidation sites excluding steroid dienone is 6. The van der Waals surface area contributed by atoms with Crippen molar-refractivity contribution in [3.8, 4) is 0 Å². The van der Waals surface area contributed by atoms with Crippen LogP contribution in [0, 0.1) is 0 Å². The molecule has 0 spiro atoms. The third kappa shape index (κ3) is 11.1. The molecule has 0 heterocycles. The maximum absolute atomic E-state index is 2.30. The van der Waals surface area contributed by atoms with E-state index >= 15 is 0 Å². The largest absolute Gasteiger partial charge is 0.0914 e. The SMILES string of the molecule is C/C=C/C/C=C(C)/C=C/CCCCCC. The van der Waals surface area contributed by atoms with E-state index in [-0.39, 0.29) is 0 Å². The first-order valence-corrected chi connectivity index (χ1v) is 6.25. The molecule has 0 aliphatic carbocycles. The molecule has 0 aromatic rings. The summed E-state index contributed by atoms with van der Waals surface area (Å²) in [4.78, 5) is 0. The molecule has 0 rings (SSSR count). The molecule has 15 heavy (non-hydrogen) atoms. The Labute approximate surface area is 95.8 Å². The lowest BCUT2D eigenvalue weighted by atomic mass is 10.1. The van der Waals surface area contributed by atoms with Gasteiger partial charge in [-0.25, -0.2) is 0 Å². The van der Waals surface area contributed by atoms with Crippen molar-refractivity contribution < 1.29 is 0 Å². The monoisotopic (exact) mass is 206 g/mol. The summed E-state index contributed by atoms with van der Waals surface area (Å²) < 4.78 is 0. The molecule has 0 aromatic carbocycles. The van der Waals surface area contributed by atoms with Crippen molar-refractivity contribution in [3.63, 3.8) is 0 Å². The summed E-state index contributed by atoms with van der Waals surface area (Å²) in [7, 11) is 0. The Morgan fingerprint density at radius 3 is 2.53 bits per heavy atom. The molecule has 0 heteroatoms. The minimum Gasteiger partial charge on any atom is -0.0914 e. The minimum absolute atomic E-state index is 1.06. The first kappa shape index (κ1) is 14.2. The lowest BCUT2D eigenvalue weighted by Gasteiger charge is -1.94. The number of hydrogen-bond acceptors (Lipinski definition) is 0. The van der Waals surface area contributed by atoms with Gasteiger partial charge in [0, 0.05) is 0 Å². The molecule has 0 aliphatic rings. The van der Waals surface area contributed by atoms with Crippen LogP contribution in [0.25, 0.3) is 0 Å². The molecule has 0 bridgehead atoms. The Kier molecular flexibility index (Phi) is 10.7. The second kappa shape index (κ2) is 11.3. The van der Waals surface area contributed by atoms with E-state index in [2.05, 4.69) is 51.2 Å². The van der Waals surface area contributed by atoms with Crippen LogP contribution >= 0.6 is 0 Å². The second-order valence-corrected chi connectivity index (χ2v) is 4.00. The molecule has 86 valence electrons. The standard InChI is InChI=1S/C15H26/c1-4-6-8-9-10-12-14-15(3)13-11-7-5-2/h5,7,12-14H,4,6,8-11H2,1-3H3/b7-5+,14-12+,15-13+. The highest BCUT2D eigenvalue weighted by Crippen LogP contribution is 2.05. The molecule has 0 atom stereocenters. The van der Waals surface area contributed by atoms with Crippen LogP contribution in [0.3, 0.4) is 0 Å². The van der Waals surface area contributed by atoms with Gasteiger partial charge in [0.2, 0.25) is 0 Å². The molecular formula is C15H26. The molecule has 0 unspecified atom stereocenters. The number of hydrogen-bond donors (Lipinski definition) is 0. The van der Waals surface area contributed by atoms with E-state index in [1.807, 2.05) is 0 Å². The van der Waals surface area contributed by atoms with Crippen molar-refractivity contribution in [1.82, 2.24) is 0 Å². The van der Waals surface area contributed by atoms with Gasteiger partial charge in [-0.15, -0.1) is 0 Å². The third-order valence-corrected chi connectivity index (χ3v) is 2.42. The molecule has 0 saturated carbocycles. The van der Waals surface area contributed by atoms with Crippen LogP contribution in [0.5, 0.6) is 0 Å². The summed E-state index contributed by atoms with van der Waals surface area (Å²) in [5, 5.41) is 0. The maximum Gasteiger partial charge on any atom is -0.0164 e. The van der Waals surface area contributed by atoms with Crippen LogP contribution in [0.1, 0.15) is 59.3 Å². The molecule has 0 saturated heterocycles. The fourth-order valence-corrected chi connectivity index (χ4v) is 1.42. The molecule has 0 radical (unpaired) electrons. The molecule has 0 aromatic heterocycles. The van der Waals surface area contributed by atoms with Crippen molar-refractivity contribution in [3.05, 3.63) is 36.0 Å². The normalized spacial score (nSPS) is 13.1. The van der Waals surface area contributed by atoms with Gasteiger partial charge in [0.25, 0.3) is 0 Å². The highest BCUT2D eigenvalue weighted by atomic mass is 13.9. The van der Waals surface area contributed by atoms with Gasteiger partial charge in [-0.05, 0) is 33.1 Å². The zero-order valence-electron chi connectivity index (χ0n) is 10.6. The van der Waals surface area contributed by atoms with Crippen LogP contribution < -0.4 is 0 Å². The summed E-state index contributed by atoms with van der Waals surface area (Å²) in [6.45, 7) is 6.49. The van der Waals surface area contributed by atoms with E-state index < -0.39 is 0 Å². The summed E-state index contributed by atoms with van der Waals surface area (Å²) in [5.41, 5.74) is 1.38. The van der Waals surface area contributed by atoms with Crippen molar-refractivity contribution in [1.29, 1.82) is 0 Å². The molecule has 0 fully saturated rings. The number of rotatable bonds is 8. The van der Waals surface area contributed by atoms with Gasteiger partial charge in [-0.1, -0.05) is 62.1 Å². The zero-order valence-corrected chi connectivity index (χ0v) is 10.6. The number of unbranched alkanes of at least 4 members (excludes halogenated alkanes) is 4. The van der Waals surface area contributed by atoms with E-state index in [4.69, 9.17) is 0 Å². The van der Waals surface area contributed by atoms with Gasteiger partial charge in [-0.2, -0.15) is 0 Å². The van der Waals surface area contributed by atoms with Crippen LogP contribution in [0.2, 0.25) is 0 Å². The first-order valence-electron chi connectivity index (χ1n) is 6.25. The maximum atomic E-state index is 2.30. The van der Waals surface area contributed by atoms with E-state index in [1.165, 1.54) is 37.7 Å². The highest BCUT2D eigenvalue weighted by Gasteiger charge is 1.85. The summed E-state index contributed by atoms with van der Waals surface area (Å²) in [6.07, 6.45) is 18.8. The Balaban J connectivity index is 3.53. The van der Waals surface area contributed by atoms with Gasteiger partial charge in [0.05, 0.1) is 0 Å². The average molecular weight is 206 g/mol. The lowest BCUT2D eigenvalue weighted by Crippen LogP contribution is -1.74. The smallest absolute Gasteiger partial charge is 0.0164 e. The summed E-state index contributed by atoms with van der Waals surface area (Å²) >= 11 is 0. The third-order valence-electron chi connectivity index (χ3n) is 2.42. The molecule has 0 amide bonds. The predicted octanol–water partition coefficient (Wildman–Crippen LogP) is 5.43. The Morgan fingerprint density at radius 1 is 1.07 bits per heavy atom. The van der Waals surface area contributed by atoms with Crippen molar-refractivity contribution in [2.24, 2.45) is 0 Å². The van der Waals surface area contributed by atoms with Gasteiger partial charge >= 0.3 is 0 Å².